The predicted molar refractivity (Wildman–Crippen MR) is 112 cm³/mol. The zero-order valence-corrected chi connectivity index (χ0v) is 15.9. The van der Waals surface area contributed by atoms with Gasteiger partial charge in [0.15, 0.2) is 0 Å². The summed E-state index contributed by atoms with van der Waals surface area (Å²) in [7, 11) is 1.64. The summed E-state index contributed by atoms with van der Waals surface area (Å²) >= 11 is 1.42. The predicted octanol–water partition coefficient (Wildman–Crippen LogP) is 4.93. The number of aryl methyl sites for hydroxylation is 1. The summed E-state index contributed by atoms with van der Waals surface area (Å²) in [6.07, 6.45) is 3.79. The Morgan fingerprint density at radius 1 is 1.04 bits per heavy atom. The molecule has 4 aromatic rings. The molecule has 0 spiro atoms. The lowest BCUT2D eigenvalue weighted by atomic mass is 10.1. The van der Waals surface area contributed by atoms with Crippen LogP contribution in [-0.2, 0) is 0 Å². The number of rotatable bonds is 4. The van der Waals surface area contributed by atoms with Crippen LogP contribution in [0.15, 0.2) is 64.8 Å². The minimum absolute atomic E-state index is 0.0519. The number of aromatic nitrogens is 2. The molecule has 0 N–H and O–H groups in total. The molecule has 0 bridgehead atoms. The Balaban J connectivity index is 1.94. The lowest BCUT2D eigenvalue weighted by molar-refractivity contribution is 0.414. The summed E-state index contributed by atoms with van der Waals surface area (Å²) in [5, 5.41) is 1.90. The first-order chi connectivity index (χ1) is 13.2. The van der Waals surface area contributed by atoms with Gasteiger partial charge < -0.3 is 4.74 Å². The van der Waals surface area contributed by atoms with Crippen LogP contribution in [-0.4, -0.2) is 16.7 Å². The molecule has 0 radical (unpaired) electrons. The van der Waals surface area contributed by atoms with Crippen molar-refractivity contribution >= 4 is 33.7 Å². The van der Waals surface area contributed by atoms with E-state index < -0.39 is 0 Å². The van der Waals surface area contributed by atoms with Crippen molar-refractivity contribution in [1.29, 1.82) is 0 Å². The summed E-state index contributed by atoms with van der Waals surface area (Å²) in [6.45, 7) is 1.99. The van der Waals surface area contributed by atoms with Crippen LogP contribution in [0.25, 0.3) is 28.1 Å². The van der Waals surface area contributed by atoms with Gasteiger partial charge in [0.05, 0.1) is 18.3 Å². The molecule has 0 fully saturated rings. The first kappa shape index (κ1) is 17.2. The fourth-order valence-electron chi connectivity index (χ4n) is 3.06. The van der Waals surface area contributed by atoms with Crippen molar-refractivity contribution < 1.29 is 4.74 Å². The van der Waals surface area contributed by atoms with E-state index in [2.05, 4.69) is 0 Å². The van der Waals surface area contributed by atoms with E-state index in [0.717, 1.165) is 28.1 Å². The largest absolute Gasteiger partial charge is 0.496 e. The van der Waals surface area contributed by atoms with Gasteiger partial charge in [-0.2, -0.15) is 0 Å². The maximum absolute atomic E-state index is 13.2. The second kappa shape index (κ2) is 7.21. The molecule has 2 aromatic carbocycles. The molecular formula is C22H18N2O2S. The Hall–Kier alpha value is -3.18. The fourth-order valence-corrected chi connectivity index (χ4v) is 3.82. The average molecular weight is 374 g/mol. The molecule has 5 heteroatoms. The molecule has 0 atom stereocenters. The summed E-state index contributed by atoms with van der Waals surface area (Å²) in [5.41, 5.74) is 3.45. The summed E-state index contributed by atoms with van der Waals surface area (Å²) in [4.78, 5) is 17.9. The van der Waals surface area contributed by atoms with Crippen LogP contribution in [0.5, 0.6) is 5.75 Å². The van der Waals surface area contributed by atoms with E-state index in [9.17, 15) is 4.79 Å². The van der Waals surface area contributed by atoms with Crippen molar-refractivity contribution in [3.8, 4) is 11.4 Å². The van der Waals surface area contributed by atoms with Crippen LogP contribution in [0.1, 0.15) is 17.0 Å². The summed E-state index contributed by atoms with van der Waals surface area (Å²) in [5.74, 6) is 1.36. The normalized spacial score (nSPS) is 11.3. The van der Waals surface area contributed by atoms with E-state index >= 15 is 0 Å². The Morgan fingerprint density at radius 3 is 2.63 bits per heavy atom. The fraction of sp³-hybridized carbons (Fsp3) is 0.0909. The number of methoxy groups -OCH3 is 1. The van der Waals surface area contributed by atoms with Crippen LogP contribution >= 0.6 is 11.3 Å². The molecule has 2 aromatic heterocycles. The number of hydrogen-bond donors (Lipinski definition) is 0. The lowest BCUT2D eigenvalue weighted by Crippen LogP contribution is -2.22. The van der Waals surface area contributed by atoms with Crippen molar-refractivity contribution in [2.24, 2.45) is 0 Å². The molecule has 4 nitrogen and oxygen atoms in total. The van der Waals surface area contributed by atoms with Gasteiger partial charge in [-0.25, -0.2) is 4.98 Å². The number of hydrogen-bond acceptors (Lipinski definition) is 4. The number of benzene rings is 2. The molecule has 0 aliphatic carbocycles. The van der Waals surface area contributed by atoms with Gasteiger partial charge >= 0.3 is 0 Å². The first-order valence-corrected chi connectivity index (χ1v) is 9.44. The Bertz CT molecular complexity index is 1200. The van der Waals surface area contributed by atoms with E-state index in [0.29, 0.717) is 10.5 Å². The highest BCUT2D eigenvalue weighted by Gasteiger charge is 2.13. The first-order valence-electron chi connectivity index (χ1n) is 8.56. The summed E-state index contributed by atoms with van der Waals surface area (Å²) < 4.78 is 7.75. The topological polar surface area (TPSA) is 44.1 Å². The maximum Gasteiger partial charge on any atom is 0.276 e. The molecule has 134 valence electrons. The molecule has 0 amide bonds. The van der Waals surface area contributed by atoms with Gasteiger partial charge in [-0.05, 0) is 48.2 Å². The van der Waals surface area contributed by atoms with Gasteiger partial charge in [0.1, 0.15) is 16.3 Å². The highest BCUT2D eigenvalue weighted by molar-refractivity contribution is 7.17. The van der Waals surface area contributed by atoms with Gasteiger partial charge in [-0.1, -0.05) is 36.4 Å². The minimum Gasteiger partial charge on any atom is -0.496 e. The molecule has 0 aliphatic heterocycles. The van der Waals surface area contributed by atoms with Crippen molar-refractivity contribution in [3.63, 3.8) is 0 Å². The quantitative estimate of drug-likeness (QED) is 0.508. The van der Waals surface area contributed by atoms with Gasteiger partial charge in [0.2, 0.25) is 0 Å². The zero-order chi connectivity index (χ0) is 18.8. The standard InChI is InChI=1S/C22H18N2O2S/c1-15-7-3-5-9-18(15)24-20(23-17-13-14-27-21(17)22(24)25)12-11-16-8-4-6-10-19(16)26-2/h3-14H,1-2H3. The van der Waals surface area contributed by atoms with Crippen molar-refractivity contribution in [3.05, 3.63) is 87.3 Å². The highest BCUT2D eigenvalue weighted by Crippen LogP contribution is 2.23. The lowest BCUT2D eigenvalue weighted by Gasteiger charge is -2.12. The number of nitrogens with zero attached hydrogens (tertiary/aromatic N) is 2. The molecule has 2 heterocycles. The Labute approximate surface area is 161 Å². The molecule has 0 aliphatic rings. The number of ether oxygens (including phenoxy) is 1. The van der Waals surface area contributed by atoms with E-state index in [4.69, 9.17) is 9.72 Å². The van der Waals surface area contributed by atoms with E-state index in [-0.39, 0.29) is 5.56 Å². The molecule has 27 heavy (non-hydrogen) atoms. The van der Waals surface area contributed by atoms with Gasteiger partial charge in [0, 0.05) is 5.56 Å². The molecule has 0 unspecified atom stereocenters. The van der Waals surface area contributed by atoms with Crippen LogP contribution in [0.3, 0.4) is 0 Å². The maximum atomic E-state index is 13.2. The number of thiophene rings is 1. The van der Waals surface area contributed by atoms with Crippen LogP contribution < -0.4 is 10.3 Å². The molecular weight excluding hydrogens is 356 g/mol. The van der Waals surface area contributed by atoms with Gasteiger partial charge in [-0.3, -0.25) is 9.36 Å². The number of fused-ring (bicyclic) bond motifs is 1. The second-order valence-electron chi connectivity index (χ2n) is 6.11. The Kier molecular flexibility index (Phi) is 4.60. The highest BCUT2D eigenvalue weighted by atomic mass is 32.1. The third-order valence-corrected chi connectivity index (χ3v) is 5.30. The van der Waals surface area contributed by atoms with Crippen molar-refractivity contribution in [2.75, 3.05) is 7.11 Å². The molecule has 4 rings (SSSR count). The monoisotopic (exact) mass is 374 g/mol. The SMILES string of the molecule is COc1ccccc1C=Cc1nc2ccsc2c(=O)n1-c1ccccc1C. The van der Waals surface area contributed by atoms with Crippen molar-refractivity contribution in [1.82, 2.24) is 9.55 Å². The molecule has 0 saturated heterocycles. The van der Waals surface area contributed by atoms with E-state index in [1.54, 1.807) is 11.7 Å². The molecule has 0 saturated carbocycles. The smallest absolute Gasteiger partial charge is 0.276 e. The second-order valence-corrected chi connectivity index (χ2v) is 7.02. The van der Waals surface area contributed by atoms with E-state index in [1.165, 1.54) is 11.3 Å². The van der Waals surface area contributed by atoms with Crippen molar-refractivity contribution in [2.45, 2.75) is 6.92 Å². The van der Waals surface area contributed by atoms with Gasteiger partial charge in [0.25, 0.3) is 5.56 Å². The Morgan fingerprint density at radius 2 is 1.81 bits per heavy atom. The summed E-state index contributed by atoms with van der Waals surface area (Å²) in [6, 6.07) is 17.5. The van der Waals surface area contributed by atoms with Crippen LogP contribution in [0.4, 0.5) is 0 Å². The minimum atomic E-state index is -0.0519. The van der Waals surface area contributed by atoms with Gasteiger partial charge in [-0.15, -0.1) is 11.3 Å². The van der Waals surface area contributed by atoms with Crippen LogP contribution in [0, 0.1) is 6.92 Å². The third kappa shape index (κ3) is 3.17. The zero-order valence-electron chi connectivity index (χ0n) is 15.0. The van der Waals surface area contributed by atoms with E-state index in [1.807, 2.05) is 79.1 Å². The van der Waals surface area contributed by atoms with Crippen LogP contribution in [0.2, 0.25) is 0 Å². The number of para-hydroxylation sites is 2. The average Bonchev–Trinajstić information content (AvgIpc) is 3.16. The third-order valence-electron chi connectivity index (χ3n) is 4.41.